The van der Waals surface area contributed by atoms with Crippen molar-refractivity contribution in [3.8, 4) is 0 Å². The molecule has 1 aromatic rings. The Morgan fingerprint density at radius 2 is 2.17 bits per heavy atom. The molecule has 0 saturated carbocycles. The van der Waals surface area contributed by atoms with Gasteiger partial charge in [-0.15, -0.1) is 0 Å². The molecule has 0 heterocycles. The molecule has 0 aliphatic heterocycles. The normalized spacial score (nSPS) is 9.92. The molecule has 2 N–H and O–H groups in total. The summed E-state index contributed by atoms with van der Waals surface area (Å²) < 4.78 is 12.8. The Kier molecular flexibility index (Phi) is 2.55. The van der Waals surface area contributed by atoms with Crippen molar-refractivity contribution in [2.24, 2.45) is 5.73 Å². The van der Waals surface area contributed by atoms with E-state index in [4.69, 9.17) is 5.73 Å². The molecule has 1 aromatic carbocycles. The van der Waals surface area contributed by atoms with Gasteiger partial charge < -0.3 is 5.73 Å². The third-order valence-electron chi connectivity index (χ3n) is 1.60. The van der Waals surface area contributed by atoms with Crippen molar-refractivity contribution in [2.45, 2.75) is 13.5 Å². The van der Waals surface area contributed by atoms with E-state index in [9.17, 15) is 9.18 Å². The van der Waals surface area contributed by atoms with E-state index < -0.39 is 5.82 Å². The van der Waals surface area contributed by atoms with Crippen molar-refractivity contribution in [1.29, 1.82) is 0 Å². The maximum absolute atomic E-state index is 12.8. The van der Waals surface area contributed by atoms with Crippen LogP contribution in [0.2, 0.25) is 0 Å². The fourth-order valence-corrected chi connectivity index (χ4v) is 0.972. The number of hydrogen-bond acceptors (Lipinski definition) is 2. The molecule has 0 aromatic heterocycles. The largest absolute Gasteiger partial charge is 0.326 e. The van der Waals surface area contributed by atoms with E-state index in [0.29, 0.717) is 11.1 Å². The first kappa shape index (κ1) is 8.87. The molecule has 3 heteroatoms. The summed E-state index contributed by atoms with van der Waals surface area (Å²) in [6.07, 6.45) is 0. The van der Waals surface area contributed by atoms with Gasteiger partial charge in [0.1, 0.15) is 5.82 Å². The predicted molar refractivity (Wildman–Crippen MR) is 44.3 cm³/mol. The number of carbonyl (C=O) groups excluding carboxylic acids is 1. The lowest BCUT2D eigenvalue weighted by atomic mass is 10.1. The van der Waals surface area contributed by atoms with Crippen LogP contribution in [-0.2, 0) is 6.54 Å². The smallest absolute Gasteiger partial charge is 0.159 e. The predicted octanol–water partition coefficient (Wildman–Crippen LogP) is 1.49. The van der Waals surface area contributed by atoms with Crippen molar-refractivity contribution in [3.05, 3.63) is 35.1 Å². The number of ketones is 1. The third-order valence-corrected chi connectivity index (χ3v) is 1.60. The van der Waals surface area contributed by atoms with Gasteiger partial charge in [-0.1, -0.05) is 0 Å². The molecule has 0 fully saturated rings. The zero-order valence-corrected chi connectivity index (χ0v) is 6.80. The summed E-state index contributed by atoms with van der Waals surface area (Å²) in [4.78, 5) is 10.9. The van der Waals surface area contributed by atoms with E-state index in [0.717, 1.165) is 0 Å². The first-order valence-corrected chi connectivity index (χ1v) is 3.64. The number of halogens is 1. The summed E-state index contributed by atoms with van der Waals surface area (Å²) in [7, 11) is 0. The van der Waals surface area contributed by atoms with Gasteiger partial charge in [0, 0.05) is 12.1 Å². The highest BCUT2D eigenvalue weighted by Gasteiger charge is 2.02. The SMILES string of the molecule is CC(=O)c1cc(F)cc(CN)c1. The number of nitrogens with two attached hydrogens (primary N) is 1. The molecule has 0 atom stereocenters. The van der Waals surface area contributed by atoms with Crippen LogP contribution in [0.3, 0.4) is 0 Å². The Morgan fingerprint density at radius 3 is 2.67 bits per heavy atom. The molecular weight excluding hydrogens is 157 g/mol. The number of benzene rings is 1. The lowest BCUT2D eigenvalue weighted by Gasteiger charge is -2.00. The van der Waals surface area contributed by atoms with Crippen molar-refractivity contribution in [1.82, 2.24) is 0 Å². The van der Waals surface area contributed by atoms with Crippen molar-refractivity contribution >= 4 is 5.78 Å². The van der Waals surface area contributed by atoms with Crippen molar-refractivity contribution in [2.75, 3.05) is 0 Å². The van der Waals surface area contributed by atoms with Crippen LogP contribution in [0, 0.1) is 5.82 Å². The Morgan fingerprint density at radius 1 is 1.50 bits per heavy atom. The molecule has 1 rings (SSSR count). The van der Waals surface area contributed by atoms with Crippen LogP contribution in [0.4, 0.5) is 4.39 Å². The van der Waals surface area contributed by atoms with Crippen LogP contribution in [0.15, 0.2) is 18.2 Å². The Hall–Kier alpha value is -1.22. The van der Waals surface area contributed by atoms with Gasteiger partial charge in [-0.2, -0.15) is 0 Å². The number of rotatable bonds is 2. The summed E-state index contributed by atoms with van der Waals surface area (Å²) in [5.74, 6) is -0.563. The van der Waals surface area contributed by atoms with E-state index in [1.807, 2.05) is 0 Å². The van der Waals surface area contributed by atoms with Gasteiger partial charge >= 0.3 is 0 Å². The van der Waals surface area contributed by atoms with Gasteiger partial charge in [-0.05, 0) is 30.7 Å². The molecule has 0 saturated heterocycles. The highest BCUT2D eigenvalue weighted by Crippen LogP contribution is 2.09. The second kappa shape index (κ2) is 3.45. The fraction of sp³-hybridized carbons (Fsp3) is 0.222. The number of hydrogen-bond donors (Lipinski definition) is 1. The first-order chi connectivity index (χ1) is 5.63. The molecule has 0 unspecified atom stereocenters. The average Bonchev–Trinajstić information content (AvgIpc) is 2.03. The van der Waals surface area contributed by atoms with Crippen LogP contribution < -0.4 is 5.73 Å². The second-order valence-electron chi connectivity index (χ2n) is 2.61. The first-order valence-electron chi connectivity index (χ1n) is 3.64. The zero-order valence-electron chi connectivity index (χ0n) is 6.80. The Balaban J connectivity index is 3.15. The molecule has 0 spiro atoms. The highest BCUT2D eigenvalue weighted by atomic mass is 19.1. The van der Waals surface area contributed by atoms with E-state index in [1.54, 1.807) is 6.07 Å². The lowest BCUT2D eigenvalue weighted by Crippen LogP contribution is -2.00. The maximum atomic E-state index is 12.8. The maximum Gasteiger partial charge on any atom is 0.159 e. The van der Waals surface area contributed by atoms with Crippen molar-refractivity contribution < 1.29 is 9.18 Å². The summed E-state index contributed by atoms with van der Waals surface area (Å²) >= 11 is 0. The number of Topliss-reactive ketones (excluding diaryl/α,β-unsaturated/α-hetero) is 1. The zero-order chi connectivity index (χ0) is 9.14. The summed E-state index contributed by atoms with van der Waals surface area (Å²) in [6, 6.07) is 4.14. The van der Waals surface area contributed by atoms with Crippen LogP contribution in [0.5, 0.6) is 0 Å². The lowest BCUT2D eigenvalue weighted by molar-refractivity contribution is 0.101. The summed E-state index contributed by atoms with van der Waals surface area (Å²) in [5, 5.41) is 0. The molecular formula is C9H10FNO. The van der Waals surface area contributed by atoms with E-state index in [1.165, 1.54) is 19.1 Å². The minimum absolute atomic E-state index is 0.149. The van der Waals surface area contributed by atoms with Crippen LogP contribution in [0.1, 0.15) is 22.8 Å². The van der Waals surface area contributed by atoms with Gasteiger partial charge in [-0.3, -0.25) is 4.79 Å². The second-order valence-corrected chi connectivity index (χ2v) is 2.61. The topological polar surface area (TPSA) is 43.1 Å². The van der Waals surface area contributed by atoms with Crippen molar-refractivity contribution in [3.63, 3.8) is 0 Å². The average molecular weight is 167 g/mol. The molecule has 64 valence electrons. The highest BCUT2D eigenvalue weighted by molar-refractivity contribution is 5.94. The van der Waals surface area contributed by atoms with Gasteiger partial charge in [-0.25, -0.2) is 4.39 Å². The monoisotopic (exact) mass is 167 g/mol. The molecule has 0 bridgehead atoms. The van der Waals surface area contributed by atoms with Gasteiger partial charge in [0.15, 0.2) is 5.78 Å². The van der Waals surface area contributed by atoms with E-state index in [2.05, 4.69) is 0 Å². The van der Waals surface area contributed by atoms with Gasteiger partial charge in [0.25, 0.3) is 0 Å². The molecule has 0 aliphatic rings. The summed E-state index contributed by atoms with van der Waals surface area (Å²) in [5.41, 5.74) is 6.32. The Labute approximate surface area is 70.2 Å². The van der Waals surface area contributed by atoms with E-state index in [-0.39, 0.29) is 12.3 Å². The molecule has 2 nitrogen and oxygen atoms in total. The molecule has 0 radical (unpaired) electrons. The minimum Gasteiger partial charge on any atom is -0.326 e. The van der Waals surface area contributed by atoms with Gasteiger partial charge in [0.05, 0.1) is 0 Å². The third kappa shape index (κ3) is 1.89. The molecule has 0 aliphatic carbocycles. The van der Waals surface area contributed by atoms with Crippen LogP contribution in [-0.4, -0.2) is 5.78 Å². The van der Waals surface area contributed by atoms with Gasteiger partial charge in [0.2, 0.25) is 0 Å². The minimum atomic E-state index is -0.414. The van der Waals surface area contributed by atoms with E-state index >= 15 is 0 Å². The Bertz CT molecular complexity index is 309. The van der Waals surface area contributed by atoms with Crippen LogP contribution >= 0.6 is 0 Å². The quantitative estimate of drug-likeness (QED) is 0.678. The summed E-state index contributed by atoms with van der Waals surface area (Å²) in [6.45, 7) is 1.65. The molecule has 12 heavy (non-hydrogen) atoms. The molecule has 0 amide bonds. The fourth-order valence-electron chi connectivity index (χ4n) is 0.972. The van der Waals surface area contributed by atoms with Crippen LogP contribution in [0.25, 0.3) is 0 Å². The number of carbonyl (C=O) groups is 1. The standard InChI is InChI=1S/C9H10FNO/c1-6(12)8-2-7(5-11)3-9(10)4-8/h2-4H,5,11H2,1H3.